The van der Waals surface area contributed by atoms with Crippen LogP contribution in [0.5, 0.6) is 11.5 Å². The third-order valence-electron chi connectivity index (χ3n) is 4.33. The van der Waals surface area contributed by atoms with Gasteiger partial charge in [0.15, 0.2) is 17.4 Å². The Labute approximate surface area is 167 Å². The minimum absolute atomic E-state index is 0.130. The molecule has 10 nitrogen and oxygen atoms in total. The number of phenols is 2. The van der Waals surface area contributed by atoms with E-state index in [4.69, 9.17) is 23.2 Å². The van der Waals surface area contributed by atoms with Gasteiger partial charge in [0, 0.05) is 25.6 Å². The van der Waals surface area contributed by atoms with E-state index in [1.165, 1.54) is 11.5 Å². The molecule has 3 aromatic rings. The van der Waals surface area contributed by atoms with Gasteiger partial charge in [0.05, 0.1) is 4.92 Å². The number of benzene rings is 1. The van der Waals surface area contributed by atoms with Crippen molar-refractivity contribution in [1.29, 1.82) is 0 Å². The second-order valence-electron chi connectivity index (χ2n) is 6.01. The van der Waals surface area contributed by atoms with E-state index in [-0.39, 0.29) is 38.6 Å². The Morgan fingerprint density at radius 1 is 1.18 bits per heavy atom. The Hall–Kier alpha value is -3.11. The molecule has 0 atom stereocenters. The molecule has 28 heavy (non-hydrogen) atoms. The van der Waals surface area contributed by atoms with E-state index in [1.807, 2.05) is 0 Å². The summed E-state index contributed by atoms with van der Waals surface area (Å²) in [6.07, 6.45) is 0. The lowest BCUT2D eigenvalue weighted by Crippen LogP contribution is -2.33. The van der Waals surface area contributed by atoms with Gasteiger partial charge in [-0.25, -0.2) is 0 Å². The predicted octanol–water partition coefficient (Wildman–Crippen LogP) is 3.03. The SMILES string of the molecule is Cc1c(Cl)c(C)[n+]([O-])c(Cl)c1-c1nnc(-c2cc(O)c(O)c([N+](=O)[O-])c2)n1C. The van der Waals surface area contributed by atoms with E-state index >= 15 is 0 Å². The van der Waals surface area contributed by atoms with Gasteiger partial charge in [0.2, 0.25) is 11.4 Å². The zero-order chi connectivity index (χ0) is 20.9. The van der Waals surface area contributed by atoms with Crippen LogP contribution in [0.25, 0.3) is 22.8 Å². The number of phenolic OH excluding ortho intramolecular Hbond substituents is 2. The molecule has 2 N–H and O–H groups in total. The molecule has 12 heteroatoms. The van der Waals surface area contributed by atoms with Crippen LogP contribution in [0.2, 0.25) is 10.2 Å². The van der Waals surface area contributed by atoms with Gasteiger partial charge >= 0.3 is 5.69 Å². The maximum atomic E-state index is 12.2. The third-order valence-corrected chi connectivity index (χ3v) is 5.23. The quantitative estimate of drug-likeness (QED) is 0.164. The van der Waals surface area contributed by atoms with Gasteiger partial charge < -0.3 is 20.0 Å². The summed E-state index contributed by atoms with van der Waals surface area (Å²) in [4.78, 5) is 10.3. The van der Waals surface area contributed by atoms with Crippen molar-refractivity contribution < 1.29 is 19.9 Å². The molecule has 2 aromatic heterocycles. The van der Waals surface area contributed by atoms with Crippen molar-refractivity contribution >= 4 is 28.9 Å². The molecule has 0 fully saturated rings. The van der Waals surface area contributed by atoms with Crippen molar-refractivity contribution in [3.63, 3.8) is 0 Å². The Kier molecular flexibility index (Phi) is 4.77. The van der Waals surface area contributed by atoms with Crippen LogP contribution < -0.4 is 4.73 Å². The van der Waals surface area contributed by atoms with Crippen LogP contribution in [0.4, 0.5) is 5.69 Å². The molecule has 0 unspecified atom stereocenters. The number of rotatable bonds is 3. The van der Waals surface area contributed by atoms with E-state index in [2.05, 4.69) is 10.2 Å². The highest BCUT2D eigenvalue weighted by molar-refractivity contribution is 6.34. The van der Waals surface area contributed by atoms with Gasteiger partial charge in [-0.3, -0.25) is 10.1 Å². The van der Waals surface area contributed by atoms with E-state index in [1.54, 1.807) is 14.0 Å². The van der Waals surface area contributed by atoms with Crippen LogP contribution in [0.3, 0.4) is 0 Å². The second kappa shape index (κ2) is 6.80. The smallest absolute Gasteiger partial charge is 0.315 e. The zero-order valence-electron chi connectivity index (χ0n) is 14.8. The fourth-order valence-electron chi connectivity index (χ4n) is 2.80. The molecule has 0 amide bonds. The summed E-state index contributed by atoms with van der Waals surface area (Å²) in [6, 6.07) is 2.16. The summed E-state index contributed by atoms with van der Waals surface area (Å²) < 4.78 is 1.91. The molecule has 0 aliphatic carbocycles. The molecule has 0 radical (unpaired) electrons. The van der Waals surface area contributed by atoms with Crippen molar-refractivity contribution in [2.45, 2.75) is 13.8 Å². The van der Waals surface area contributed by atoms with Crippen LogP contribution in [-0.2, 0) is 7.05 Å². The Balaban J connectivity index is 2.25. The number of aromatic nitrogens is 4. The summed E-state index contributed by atoms with van der Waals surface area (Å²) >= 11 is 12.4. The van der Waals surface area contributed by atoms with Crippen LogP contribution >= 0.6 is 23.2 Å². The number of aromatic hydroxyl groups is 2. The number of nitrogens with zero attached hydrogens (tertiary/aromatic N) is 5. The zero-order valence-corrected chi connectivity index (χ0v) is 16.3. The lowest BCUT2D eigenvalue weighted by atomic mass is 10.1. The highest BCUT2D eigenvalue weighted by Crippen LogP contribution is 2.40. The number of nitro benzene ring substituents is 1. The van der Waals surface area contributed by atoms with E-state index < -0.39 is 22.1 Å². The molecule has 146 valence electrons. The maximum absolute atomic E-state index is 12.2. The summed E-state index contributed by atoms with van der Waals surface area (Å²) in [5.74, 6) is -1.20. The first-order valence-corrected chi connectivity index (χ1v) is 8.50. The van der Waals surface area contributed by atoms with Crippen LogP contribution in [0, 0.1) is 29.2 Å². The van der Waals surface area contributed by atoms with Gasteiger partial charge in [0.25, 0.3) is 5.15 Å². The number of halogens is 2. The number of hydrogen-bond donors (Lipinski definition) is 2. The largest absolute Gasteiger partial charge is 0.617 e. The van der Waals surface area contributed by atoms with Crippen LogP contribution in [0.1, 0.15) is 11.3 Å². The summed E-state index contributed by atoms with van der Waals surface area (Å²) in [5, 5.41) is 50.8. The van der Waals surface area contributed by atoms with E-state index in [0.29, 0.717) is 10.3 Å². The first-order valence-electron chi connectivity index (χ1n) is 7.74. The molecule has 0 aliphatic rings. The van der Waals surface area contributed by atoms with Crippen molar-refractivity contribution in [3.8, 4) is 34.3 Å². The van der Waals surface area contributed by atoms with Crippen molar-refractivity contribution in [2.75, 3.05) is 0 Å². The Morgan fingerprint density at radius 3 is 2.39 bits per heavy atom. The van der Waals surface area contributed by atoms with Crippen molar-refractivity contribution in [2.24, 2.45) is 7.05 Å². The fraction of sp³-hybridized carbons (Fsp3) is 0.188. The molecule has 0 saturated heterocycles. The molecule has 0 bridgehead atoms. The number of nitro groups is 1. The van der Waals surface area contributed by atoms with E-state index in [0.717, 1.165) is 12.1 Å². The van der Waals surface area contributed by atoms with Crippen molar-refractivity contribution in [1.82, 2.24) is 14.8 Å². The van der Waals surface area contributed by atoms with E-state index in [9.17, 15) is 25.5 Å². The second-order valence-corrected chi connectivity index (χ2v) is 6.75. The van der Waals surface area contributed by atoms with Gasteiger partial charge in [-0.05, 0) is 30.2 Å². The Bertz CT molecular complexity index is 1120. The summed E-state index contributed by atoms with van der Waals surface area (Å²) in [5.41, 5.74) is 0.438. The van der Waals surface area contributed by atoms with Crippen molar-refractivity contribution in [3.05, 3.63) is 48.9 Å². The topological polar surface area (TPSA) is 141 Å². The molecule has 3 rings (SSSR count). The average molecular weight is 426 g/mol. The standard InChI is InChI=1S/C16H13Cl2N5O5/c1-6-11(14(18)22(26)7(2)12(6)17)16-20-19-15(21(16)3)8-4-9(23(27)28)13(25)10(24)5-8/h4-5,24-25H,1-3H3. The molecular weight excluding hydrogens is 413 g/mol. The normalized spacial score (nSPS) is 11.0. The molecule has 0 aliphatic heterocycles. The minimum Gasteiger partial charge on any atom is -0.617 e. The van der Waals surface area contributed by atoms with Gasteiger partial charge in [-0.2, -0.15) is 4.73 Å². The molecule has 2 heterocycles. The molecule has 0 spiro atoms. The van der Waals surface area contributed by atoms with Gasteiger partial charge in [-0.15, -0.1) is 10.2 Å². The van der Waals surface area contributed by atoms with Crippen LogP contribution in [0.15, 0.2) is 12.1 Å². The summed E-state index contributed by atoms with van der Waals surface area (Å²) in [6.45, 7) is 3.20. The lowest BCUT2D eigenvalue weighted by Gasteiger charge is -2.12. The average Bonchev–Trinajstić information content (AvgIpc) is 3.02. The first kappa shape index (κ1) is 19.6. The highest BCUT2D eigenvalue weighted by atomic mass is 35.5. The van der Waals surface area contributed by atoms with Gasteiger partial charge in [-0.1, -0.05) is 11.6 Å². The highest BCUT2D eigenvalue weighted by Gasteiger charge is 2.28. The predicted molar refractivity (Wildman–Crippen MR) is 100 cm³/mol. The summed E-state index contributed by atoms with van der Waals surface area (Å²) in [7, 11) is 1.55. The van der Waals surface area contributed by atoms with Gasteiger partial charge in [0.1, 0.15) is 10.6 Å². The lowest BCUT2D eigenvalue weighted by molar-refractivity contribution is -0.609. The number of hydrogen-bond acceptors (Lipinski definition) is 7. The van der Waals surface area contributed by atoms with Crippen LogP contribution in [-0.4, -0.2) is 29.9 Å². The fourth-order valence-corrected chi connectivity index (χ4v) is 3.33. The molecular formula is C16H13Cl2N5O5. The molecule has 1 aromatic carbocycles. The minimum atomic E-state index is -0.854. The molecule has 0 saturated carbocycles. The number of pyridine rings is 1. The third kappa shape index (κ3) is 2.86. The Morgan fingerprint density at radius 2 is 1.79 bits per heavy atom. The first-order chi connectivity index (χ1) is 13.1. The maximum Gasteiger partial charge on any atom is 0.315 e. The monoisotopic (exact) mass is 425 g/mol.